The Morgan fingerprint density at radius 1 is 1.35 bits per heavy atom. The summed E-state index contributed by atoms with van der Waals surface area (Å²) in [6.07, 6.45) is 1.65. The lowest BCUT2D eigenvalue weighted by molar-refractivity contribution is -0.122. The summed E-state index contributed by atoms with van der Waals surface area (Å²) in [4.78, 5) is 13.4. The van der Waals surface area contributed by atoms with Crippen molar-refractivity contribution >= 4 is 17.3 Å². The Morgan fingerprint density at radius 3 is 2.53 bits per heavy atom. The third kappa shape index (κ3) is 2.35. The third-order valence-corrected chi connectivity index (χ3v) is 3.48. The number of para-hydroxylation sites is 1. The number of benzene rings is 1. The number of amides is 1. The van der Waals surface area contributed by atoms with Gasteiger partial charge in [0.1, 0.15) is 0 Å². The van der Waals surface area contributed by atoms with Gasteiger partial charge in [-0.1, -0.05) is 12.1 Å². The molecule has 4 N–H and O–H groups in total. The highest BCUT2D eigenvalue weighted by Gasteiger charge is 2.24. The van der Waals surface area contributed by atoms with Crippen LogP contribution < -0.4 is 16.4 Å². The molecule has 1 aromatic carbocycles. The summed E-state index contributed by atoms with van der Waals surface area (Å²) >= 11 is 0. The fourth-order valence-electron chi connectivity index (χ4n) is 2.50. The topological polar surface area (TPSA) is 72.3 Å². The van der Waals surface area contributed by atoms with Crippen molar-refractivity contribution in [3.8, 4) is 0 Å². The van der Waals surface area contributed by atoms with Gasteiger partial charge < -0.3 is 16.4 Å². The van der Waals surface area contributed by atoms with Crippen LogP contribution in [0.15, 0.2) is 18.2 Å². The quantitative estimate of drug-likeness (QED) is 0.756. The summed E-state index contributed by atoms with van der Waals surface area (Å²) in [6, 6.07) is 5.94. The summed E-state index contributed by atoms with van der Waals surface area (Å²) in [5.41, 5.74) is 14.4. The first-order chi connectivity index (χ1) is 8.09. The molecule has 1 amide bonds. The minimum absolute atomic E-state index is 0.0245. The summed E-state index contributed by atoms with van der Waals surface area (Å²) in [7, 11) is 0. The van der Waals surface area contributed by atoms with Gasteiger partial charge in [0.2, 0.25) is 5.91 Å². The molecule has 1 aliphatic heterocycles. The summed E-state index contributed by atoms with van der Waals surface area (Å²) < 4.78 is 0. The van der Waals surface area contributed by atoms with Crippen LogP contribution in [-0.4, -0.2) is 19.0 Å². The number of nitrogen functional groups attached to an aromatic ring is 1. The van der Waals surface area contributed by atoms with Crippen molar-refractivity contribution < 1.29 is 4.79 Å². The molecule has 0 unspecified atom stereocenters. The van der Waals surface area contributed by atoms with E-state index in [1.54, 1.807) is 0 Å². The van der Waals surface area contributed by atoms with Gasteiger partial charge in [-0.2, -0.15) is 0 Å². The number of hydrogen-bond donors (Lipinski definition) is 2. The number of aryl methyl sites for hydroxylation is 1. The summed E-state index contributed by atoms with van der Waals surface area (Å²) in [5, 5.41) is 0. The van der Waals surface area contributed by atoms with Crippen LogP contribution in [0.25, 0.3) is 0 Å². The van der Waals surface area contributed by atoms with Crippen molar-refractivity contribution in [1.29, 1.82) is 0 Å². The van der Waals surface area contributed by atoms with Crippen molar-refractivity contribution in [3.05, 3.63) is 23.8 Å². The molecule has 4 heteroatoms. The predicted molar refractivity (Wildman–Crippen MR) is 69.7 cm³/mol. The number of carbonyl (C=O) groups is 1. The molecule has 0 aromatic heterocycles. The van der Waals surface area contributed by atoms with Crippen LogP contribution in [0.5, 0.6) is 0 Å². The van der Waals surface area contributed by atoms with Gasteiger partial charge >= 0.3 is 0 Å². The smallest absolute Gasteiger partial charge is 0.220 e. The number of primary amides is 1. The summed E-state index contributed by atoms with van der Waals surface area (Å²) in [6.45, 7) is 3.76. The molecule has 0 bridgehead atoms. The zero-order chi connectivity index (χ0) is 12.4. The largest absolute Gasteiger partial charge is 0.397 e. The summed E-state index contributed by atoms with van der Waals surface area (Å²) in [5.74, 6) is -0.154. The Morgan fingerprint density at radius 2 is 2.00 bits per heavy atom. The van der Waals surface area contributed by atoms with Gasteiger partial charge in [-0.3, -0.25) is 4.79 Å². The number of nitrogens with two attached hydrogens (primary N) is 2. The second-order valence-electron chi connectivity index (χ2n) is 4.68. The minimum Gasteiger partial charge on any atom is -0.397 e. The van der Waals surface area contributed by atoms with Crippen molar-refractivity contribution in [2.45, 2.75) is 19.8 Å². The molecule has 2 rings (SSSR count). The highest BCUT2D eigenvalue weighted by molar-refractivity contribution is 5.77. The minimum atomic E-state index is -0.178. The molecule has 1 saturated heterocycles. The lowest BCUT2D eigenvalue weighted by atomic mass is 9.95. The molecule has 0 aliphatic carbocycles. The molecule has 4 nitrogen and oxygen atoms in total. The highest BCUT2D eigenvalue weighted by atomic mass is 16.1. The van der Waals surface area contributed by atoms with Crippen LogP contribution in [0.2, 0.25) is 0 Å². The number of nitrogens with zero attached hydrogens (tertiary/aromatic N) is 1. The number of piperidine rings is 1. The number of rotatable bonds is 2. The maximum absolute atomic E-state index is 11.1. The van der Waals surface area contributed by atoms with E-state index >= 15 is 0 Å². The first-order valence-electron chi connectivity index (χ1n) is 5.99. The van der Waals surface area contributed by atoms with Crippen molar-refractivity contribution in [1.82, 2.24) is 0 Å². The molecule has 1 heterocycles. The van der Waals surface area contributed by atoms with E-state index in [0.29, 0.717) is 0 Å². The van der Waals surface area contributed by atoms with Crippen LogP contribution in [0, 0.1) is 12.8 Å². The van der Waals surface area contributed by atoms with Gasteiger partial charge in [-0.05, 0) is 31.4 Å². The number of anilines is 2. The normalized spacial score (nSPS) is 17.1. The Hall–Kier alpha value is -1.71. The first kappa shape index (κ1) is 11.8. The van der Waals surface area contributed by atoms with Crippen LogP contribution in [0.3, 0.4) is 0 Å². The van der Waals surface area contributed by atoms with Crippen LogP contribution in [0.1, 0.15) is 18.4 Å². The highest BCUT2D eigenvalue weighted by Crippen LogP contribution is 2.30. The van der Waals surface area contributed by atoms with Gasteiger partial charge in [0.15, 0.2) is 0 Å². The standard InChI is InChI=1S/C13H19N3O/c1-9-3-2-4-11(14)12(9)16-7-5-10(6-8-16)13(15)17/h2-4,10H,5-8,14H2,1H3,(H2,15,17). The first-order valence-corrected chi connectivity index (χ1v) is 5.99. The van der Waals surface area contributed by atoms with E-state index in [0.717, 1.165) is 37.3 Å². The Kier molecular flexibility index (Phi) is 3.22. The molecule has 17 heavy (non-hydrogen) atoms. The Bertz CT molecular complexity index is 402. The van der Waals surface area contributed by atoms with Gasteiger partial charge in [0, 0.05) is 19.0 Å². The average molecular weight is 233 g/mol. The maximum Gasteiger partial charge on any atom is 0.220 e. The molecule has 1 aromatic rings. The van der Waals surface area contributed by atoms with Crippen molar-refractivity contribution in [3.63, 3.8) is 0 Å². The fourth-order valence-corrected chi connectivity index (χ4v) is 2.50. The molecule has 1 aliphatic rings. The monoisotopic (exact) mass is 233 g/mol. The van der Waals surface area contributed by atoms with E-state index in [2.05, 4.69) is 17.9 Å². The fraction of sp³-hybridized carbons (Fsp3) is 0.462. The SMILES string of the molecule is Cc1cccc(N)c1N1CCC(C(N)=O)CC1. The maximum atomic E-state index is 11.1. The zero-order valence-corrected chi connectivity index (χ0v) is 10.1. The van der Waals surface area contributed by atoms with Crippen LogP contribution in [0.4, 0.5) is 11.4 Å². The lowest BCUT2D eigenvalue weighted by Crippen LogP contribution is -2.39. The van der Waals surface area contributed by atoms with Gasteiger partial charge in [-0.15, -0.1) is 0 Å². The van der Waals surface area contributed by atoms with Gasteiger partial charge in [0.05, 0.1) is 11.4 Å². The average Bonchev–Trinajstić information content (AvgIpc) is 2.29. The molecule has 1 fully saturated rings. The van der Waals surface area contributed by atoms with Gasteiger partial charge in [-0.25, -0.2) is 0 Å². The van der Waals surface area contributed by atoms with E-state index in [1.807, 2.05) is 12.1 Å². The molecule has 0 spiro atoms. The predicted octanol–water partition coefficient (Wildman–Crippen LogP) is 1.28. The molecule has 0 saturated carbocycles. The van der Waals surface area contributed by atoms with E-state index in [4.69, 9.17) is 11.5 Å². The van der Waals surface area contributed by atoms with E-state index in [-0.39, 0.29) is 11.8 Å². The second kappa shape index (κ2) is 4.65. The molecular formula is C13H19N3O. The third-order valence-electron chi connectivity index (χ3n) is 3.48. The molecule has 0 radical (unpaired) electrons. The van der Waals surface area contributed by atoms with Gasteiger partial charge in [0.25, 0.3) is 0 Å². The van der Waals surface area contributed by atoms with Crippen molar-refractivity contribution in [2.75, 3.05) is 23.7 Å². The van der Waals surface area contributed by atoms with E-state index in [9.17, 15) is 4.79 Å². The Balaban J connectivity index is 2.13. The van der Waals surface area contributed by atoms with E-state index < -0.39 is 0 Å². The number of carbonyl (C=O) groups excluding carboxylic acids is 1. The van der Waals surface area contributed by atoms with E-state index in [1.165, 1.54) is 5.56 Å². The lowest BCUT2D eigenvalue weighted by Gasteiger charge is -2.34. The zero-order valence-electron chi connectivity index (χ0n) is 10.1. The molecule has 92 valence electrons. The molecule has 0 atom stereocenters. The van der Waals surface area contributed by atoms with Crippen molar-refractivity contribution in [2.24, 2.45) is 11.7 Å². The Labute approximate surface area is 102 Å². The second-order valence-corrected chi connectivity index (χ2v) is 4.68. The number of hydrogen-bond acceptors (Lipinski definition) is 3. The van der Waals surface area contributed by atoms with Crippen LogP contribution >= 0.6 is 0 Å². The molecular weight excluding hydrogens is 214 g/mol. The van der Waals surface area contributed by atoms with Crippen LogP contribution in [-0.2, 0) is 4.79 Å².